The lowest BCUT2D eigenvalue weighted by Gasteiger charge is -2.40. The summed E-state index contributed by atoms with van der Waals surface area (Å²) in [5.41, 5.74) is -3.25. The van der Waals surface area contributed by atoms with Gasteiger partial charge in [0.25, 0.3) is 0 Å². The van der Waals surface area contributed by atoms with Crippen molar-refractivity contribution in [2.75, 3.05) is 5.32 Å². The number of hydrogen-bond acceptors (Lipinski definition) is 2. The van der Waals surface area contributed by atoms with Gasteiger partial charge in [0.1, 0.15) is 0 Å². The number of nitrogens with one attached hydrogen (secondary N) is 1. The Morgan fingerprint density at radius 3 is 2.05 bits per heavy atom. The van der Waals surface area contributed by atoms with E-state index in [0.29, 0.717) is 0 Å². The van der Waals surface area contributed by atoms with Crippen molar-refractivity contribution < 1.29 is 23.1 Å². The molecule has 112 valence electrons. The molecule has 3 nitrogen and oxygen atoms in total. The van der Waals surface area contributed by atoms with Gasteiger partial charge in [0.05, 0.1) is 11.0 Å². The molecule has 0 saturated heterocycles. The molecular weight excluding hydrogens is 271 g/mol. The number of alkyl halides is 3. The highest BCUT2D eigenvalue weighted by Gasteiger charge is 2.44. The monoisotopic (exact) mass is 289 g/mol. The van der Waals surface area contributed by atoms with E-state index >= 15 is 0 Å². The van der Waals surface area contributed by atoms with Crippen LogP contribution in [0.2, 0.25) is 0 Å². The van der Waals surface area contributed by atoms with Crippen LogP contribution < -0.4 is 5.32 Å². The fraction of sp³-hybridized carbons (Fsp3) is 0.500. The summed E-state index contributed by atoms with van der Waals surface area (Å²) in [5.74, 6) is -1.08. The zero-order valence-electron chi connectivity index (χ0n) is 11.8. The summed E-state index contributed by atoms with van der Waals surface area (Å²) < 4.78 is 38.8. The first kappa shape index (κ1) is 16.3. The van der Waals surface area contributed by atoms with E-state index in [1.54, 1.807) is 13.8 Å². The van der Waals surface area contributed by atoms with Crippen LogP contribution in [0.15, 0.2) is 24.3 Å². The molecule has 0 radical (unpaired) electrons. The summed E-state index contributed by atoms with van der Waals surface area (Å²) >= 11 is 0. The maximum atomic E-state index is 12.9. The average Bonchev–Trinajstić information content (AvgIpc) is 2.27. The molecule has 20 heavy (non-hydrogen) atoms. The highest BCUT2D eigenvalue weighted by Crippen LogP contribution is 2.39. The minimum Gasteiger partial charge on any atom is -0.481 e. The number of benzene rings is 1. The second-order valence-electron chi connectivity index (χ2n) is 5.72. The minimum atomic E-state index is -4.49. The van der Waals surface area contributed by atoms with Crippen molar-refractivity contribution in [3.63, 3.8) is 0 Å². The van der Waals surface area contributed by atoms with Gasteiger partial charge in [0.2, 0.25) is 0 Å². The van der Waals surface area contributed by atoms with Crippen LogP contribution in [0.1, 0.15) is 33.3 Å². The molecular formula is C14H18F3NO2. The highest BCUT2D eigenvalue weighted by molar-refractivity contribution is 5.76. The first-order valence-electron chi connectivity index (χ1n) is 6.07. The van der Waals surface area contributed by atoms with Crippen molar-refractivity contribution in [3.8, 4) is 0 Å². The third kappa shape index (κ3) is 3.05. The predicted octanol–water partition coefficient (Wildman–Crippen LogP) is 4.01. The molecule has 0 fully saturated rings. The maximum absolute atomic E-state index is 12.9. The summed E-state index contributed by atoms with van der Waals surface area (Å²) in [6.45, 7) is 6.07. The molecule has 0 aliphatic heterocycles. The molecule has 0 aliphatic carbocycles. The number of rotatable bonds is 4. The summed E-state index contributed by atoms with van der Waals surface area (Å²) in [6, 6.07) is 5.03. The van der Waals surface area contributed by atoms with Gasteiger partial charge in [0, 0.05) is 11.2 Å². The third-order valence-corrected chi connectivity index (χ3v) is 3.78. The molecule has 1 rings (SSSR count). The molecule has 2 N–H and O–H groups in total. The van der Waals surface area contributed by atoms with Gasteiger partial charge in [-0.2, -0.15) is 13.2 Å². The van der Waals surface area contributed by atoms with E-state index in [-0.39, 0.29) is 5.69 Å². The van der Waals surface area contributed by atoms with Gasteiger partial charge in [-0.1, -0.05) is 12.1 Å². The fourth-order valence-corrected chi connectivity index (χ4v) is 1.60. The lowest BCUT2D eigenvalue weighted by Crippen LogP contribution is -2.50. The fourth-order valence-electron chi connectivity index (χ4n) is 1.60. The number of hydrogen-bond donors (Lipinski definition) is 2. The van der Waals surface area contributed by atoms with E-state index < -0.39 is 28.7 Å². The zero-order valence-corrected chi connectivity index (χ0v) is 11.8. The minimum absolute atomic E-state index is 0.126. The van der Waals surface area contributed by atoms with Crippen molar-refractivity contribution in [2.45, 2.75) is 39.4 Å². The zero-order chi connectivity index (χ0) is 15.8. The van der Waals surface area contributed by atoms with Crippen molar-refractivity contribution >= 4 is 11.7 Å². The standard InChI is InChI=1S/C14H18F3NO2/c1-12(2,11(19)20)13(3,4)18-10-8-6-5-7-9(10)14(15,16)17/h5-8,18H,1-4H3,(H,19,20). The topological polar surface area (TPSA) is 49.3 Å². The number of carboxylic acids is 1. The van der Waals surface area contributed by atoms with Gasteiger partial charge >= 0.3 is 12.1 Å². The molecule has 0 amide bonds. The van der Waals surface area contributed by atoms with Gasteiger partial charge in [-0.15, -0.1) is 0 Å². The Bertz CT molecular complexity index is 507. The SMILES string of the molecule is CC(C)(Nc1ccccc1C(F)(F)F)C(C)(C)C(=O)O. The number of para-hydroxylation sites is 1. The maximum Gasteiger partial charge on any atom is 0.418 e. The van der Waals surface area contributed by atoms with Crippen LogP contribution in [0, 0.1) is 5.41 Å². The summed E-state index contributed by atoms with van der Waals surface area (Å²) in [4.78, 5) is 11.3. The molecule has 0 heterocycles. The molecule has 0 saturated carbocycles. The molecule has 1 aromatic carbocycles. The predicted molar refractivity (Wildman–Crippen MR) is 70.6 cm³/mol. The van der Waals surface area contributed by atoms with Crippen molar-refractivity contribution in [2.24, 2.45) is 5.41 Å². The number of carbonyl (C=O) groups is 1. The smallest absolute Gasteiger partial charge is 0.418 e. The van der Waals surface area contributed by atoms with Crippen molar-refractivity contribution in [3.05, 3.63) is 29.8 Å². The Balaban J connectivity index is 3.20. The van der Waals surface area contributed by atoms with Crippen LogP contribution in [-0.4, -0.2) is 16.6 Å². The average molecular weight is 289 g/mol. The van der Waals surface area contributed by atoms with E-state index in [0.717, 1.165) is 6.07 Å². The third-order valence-electron chi connectivity index (χ3n) is 3.78. The Kier molecular flexibility index (Phi) is 4.08. The Morgan fingerprint density at radius 1 is 1.10 bits per heavy atom. The first-order chi connectivity index (χ1) is 8.89. The van der Waals surface area contributed by atoms with E-state index in [1.165, 1.54) is 32.0 Å². The van der Waals surface area contributed by atoms with E-state index in [1.807, 2.05) is 0 Å². The molecule has 0 unspecified atom stereocenters. The number of aliphatic carboxylic acids is 1. The number of anilines is 1. The molecule has 1 aromatic rings. The van der Waals surface area contributed by atoms with Crippen LogP contribution in [-0.2, 0) is 11.0 Å². The van der Waals surface area contributed by atoms with E-state index in [4.69, 9.17) is 0 Å². The van der Waals surface area contributed by atoms with Gasteiger partial charge in [0.15, 0.2) is 0 Å². The second-order valence-corrected chi connectivity index (χ2v) is 5.72. The highest BCUT2D eigenvalue weighted by atomic mass is 19.4. The summed E-state index contributed by atoms with van der Waals surface area (Å²) in [5, 5.41) is 11.9. The molecule has 0 atom stereocenters. The molecule has 0 spiro atoms. The number of carboxylic acid groups (broad SMARTS) is 1. The van der Waals surface area contributed by atoms with Gasteiger partial charge in [-0.05, 0) is 39.8 Å². The Hall–Kier alpha value is -1.72. The van der Waals surface area contributed by atoms with Gasteiger partial charge < -0.3 is 10.4 Å². The lowest BCUT2D eigenvalue weighted by atomic mass is 9.74. The summed E-state index contributed by atoms with van der Waals surface area (Å²) in [6.07, 6.45) is -4.49. The summed E-state index contributed by atoms with van der Waals surface area (Å²) in [7, 11) is 0. The normalized spacial score (nSPS) is 13.2. The molecule has 0 bridgehead atoms. The largest absolute Gasteiger partial charge is 0.481 e. The Morgan fingerprint density at radius 2 is 1.60 bits per heavy atom. The van der Waals surface area contributed by atoms with Crippen LogP contribution >= 0.6 is 0 Å². The van der Waals surface area contributed by atoms with Crippen molar-refractivity contribution in [1.29, 1.82) is 0 Å². The van der Waals surface area contributed by atoms with Crippen LogP contribution in [0.25, 0.3) is 0 Å². The van der Waals surface area contributed by atoms with Crippen molar-refractivity contribution in [1.82, 2.24) is 0 Å². The Labute approximate surface area is 115 Å². The van der Waals surface area contributed by atoms with Crippen LogP contribution in [0.3, 0.4) is 0 Å². The van der Waals surface area contributed by atoms with E-state index in [2.05, 4.69) is 5.32 Å². The van der Waals surface area contributed by atoms with Crippen LogP contribution in [0.4, 0.5) is 18.9 Å². The quantitative estimate of drug-likeness (QED) is 0.880. The van der Waals surface area contributed by atoms with Gasteiger partial charge in [-0.3, -0.25) is 4.79 Å². The van der Waals surface area contributed by atoms with Crippen LogP contribution in [0.5, 0.6) is 0 Å². The van der Waals surface area contributed by atoms with Gasteiger partial charge in [-0.25, -0.2) is 0 Å². The second kappa shape index (κ2) is 5.00. The first-order valence-corrected chi connectivity index (χ1v) is 6.07. The molecule has 0 aliphatic rings. The molecule has 6 heteroatoms. The van der Waals surface area contributed by atoms with E-state index in [9.17, 15) is 23.1 Å². The lowest BCUT2D eigenvalue weighted by molar-refractivity contribution is -0.149. The molecule has 0 aromatic heterocycles. The number of halogens is 3.